The molecule has 0 unspecified atom stereocenters. The van der Waals surface area contributed by atoms with E-state index in [-0.39, 0.29) is 11.5 Å². The molecule has 1 aromatic carbocycles. The first-order valence-corrected chi connectivity index (χ1v) is 6.89. The molecule has 0 bridgehead atoms. The van der Waals surface area contributed by atoms with Crippen LogP contribution in [0.25, 0.3) is 0 Å². The van der Waals surface area contributed by atoms with Crippen LogP contribution >= 0.6 is 0 Å². The van der Waals surface area contributed by atoms with Crippen LogP contribution in [0.1, 0.15) is 35.7 Å². The minimum atomic E-state index is -0.217. The molecule has 3 rings (SSSR count). The zero-order chi connectivity index (χ0) is 13.3. The van der Waals surface area contributed by atoms with Crippen molar-refractivity contribution in [2.24, 2.45) is 0 Å². The third-order valence-corrected chi connectivity index (χ3v) is 4.04. The zero-order valence-electron chi connectivity index (χ0n) is 11.2. The summed E-state index contributed by atoms with van der Waals surface area (Å²) in [7, 11) is 0. The predicted octanol–water partition coefficient (Wildman–Crippen LogP) is 2.38. The summed E-state index contributed by atoms with van der Waals surface area (Å²) in [6, 6.07) is 5.82. The van der Waals surface area contributed by atoms with E-state index < -0.39 is 0 Å². The summed E-state index contributed by atoms with van der Waals surface area (Å²) in [5, 5.41) is 3.60. The fraction of sp³-hybridized carbons (Fsp3) is 0.533. The molecule has 19 heavy (non-hydrogen) atoms. The Hall–Kier alpha value is -1.55. The van der Waals surface area contributed by atoms with Crippen LogP contribution in [0.5, 0.6) is 0 Å². The van der Waals surface area contributed by atoms with Gasteiger partial charge in [0, 0.05) is 24.4 Å². The average Bonchev–Trinajstić information content (AvgIpc) is 2.76. The van der Waals surface area contributed by atoms with Gasteiger partial charge in [0.1, 0.15) is 0 Å². The van der Waals surface area contributed by atoms with Crippen molar-refractivity contribution < 1.29 is 14.3 Å². The van der Waals surface area contributed by atoms with Crippen molar-refractivity contribution in [3.05, 3.63) is 29.3 Å². The number of hydrogen-bond acceptors (Lipinski definition) is 4. The van der Waals surface area contributed by atoms with Gasteiger partial charge >= 0.3 is 5.97 Å². The second-order valence-corrected chi connectivity index (χ2v) is 5.25. The van der Waals surface area contributed by atoms with Gasteiger partial charge in [-0.3, -0.25) is 0 Å². The van der Waals surface area contributed by atoms with Gasteiger partial charge in [-0.15, -0.1) is 0 Å². The molecule has 1 saturated heterocycles. The summed E-state index contributed by atoms with van der Waals surface area (Å²) >= 11 is 0. The predicted molar refractivity (Wildman–Crippen MR) is 72.5 cm³/mol. The molecule has 0 amide bonds. The number of esters is 1. The van der Waals surface area contributed by atoms with E-state index in [1.165, 1.54) is 0 Å². The maximum absolute atomic E-state index is 12.0. The first-order valence-electron chi connectivity index (χ1n) is 6.89. The fourth-order valence-corrected chi connectivity index (χ4v) is 3.03. The normalized spacial score (nSPS) is 19.8. The van der Waals surface area contributed by atoms with Gasteiger partial charge < -0.3 is 14.8 Å². The van der Waals surface area contributed by atoms with Crippen molar-refractivity contribution in [2.75, 3.05) is 25.1 Å². The molecule has 2 aliphatic heterocycles. The summed E-state index contributed by atoms with van der Waals surface area (Å²) in [6.45, 7) is 3.82. The van der Waals surface area contributed by atoms with Crippen LogP contribution < -0.4 is 5.32 Å². The van der Waals surface area contributed by atoms with Crippen LogP contribution in [0.3, 0.4) is 0 Å². The molecule has 0 aromatic heterocycles. The highest BCUT2D eigenvalue weighted by Crippen LogP contribution is 2.40. The third kappa shape index (κ3) is 2.21. The minimum absolute atomic E-state index is 0.0726. The number of ether oxygens (including phenoxy) is 2. The van der Waals surface area contributed by atoms with E-state index in [2.05, 4.69) is 5.32 Å². The van der Waals surface area contributed by atoms with Crippen LogP contribution in [0, 0.1) is 0 Å². The number of rotatable bonds is 2. The Bertz CT molecular complexity index is 492. The molecule has 0 aliphatic carbocycles. The highest BCUT2D eigenvalue weighted by molar-refractivity contribution is 5.93. The van der Waals surface area contributed by atoms with Gasteiger partial charge in [0.2, 0.25) is 0 Å². The van der Waals surface area contributed by atoms with E-state index in [9.17, 15) is 4.79 Å². The lowest BCUT2D eigenvalue weighted by molar-refractivity contribution is 0.0523. The molecule has 102 valence electrons. The standard InChI is InChI=1S/C15H19NO3/c1-2-19-14(17)11-4-3-5-13-12(11)10-15(16-13)6-8-18-9-7-15/h3-5,16H,2,6-10H2,1H3. The van der Waals surface area contributed by atoms with Crippen LogP contribution in [0.4, 0.5) is 5.69 Å². The first-order chi connectivity index (χ1) is 9.24. The van der Waals surface area contributed by atoms with Gasteiger partial charge in [-0.25, -0.2) is 4.79 Å². The van der Waals surface area contributed by atoms with Crippen molar-refractivity contribution in [3.63, 3.8) is 0 Å². The van der Waals surface area contributed by atoms with Crippen molar-refractivity contribution in [1.82, 2.24) is 0 Å². The van der Waals surface area contributed by atoms with Crippen LogP contribution in [-0.2, 0) is 15.9 Å². The van der Waals surface area contributed by atoms with E-state index in [1.807, 2.05) is 25.1 Å². The maximum atomic E-state index is 12.0. The average molecular weight is 261 g/mol. The van der Waals surface area contributed by atoms with E-state index in [4.69, 9.17) is 9.47 Å². The maximum Gasteiger partial charge on any atom is 0.338 e. The molecule has 0 radical (unpaired) electrons. The molecule has 1 fully saturated rings. The number of benzene rings is 1. The molecule has 2 heterocycles. The first kappa shape index (κ1) is 12.5. The molecule has 1 aromatic rings. The lowest BCUT2D eigenvalue weighted by Gasteiger charge is -2.34. The SMILES string of the molecule is CCOC(=O)c1cccc2c1CC1(CCOCC1)N2. The Kier molecular flexibility index (Phi) is 3.19. The summed E-state index contributed by atoms with van der Waals surface area (Å²) in [4.78, 5) is 12.0. The molecule has 1 N–H and O–H groups in total. The van der Waals surface area contributed by atoms with Gasteiger partial charge in [0.25, 0.3) is 0 Å². The molecular weight excluding hydrogens is 242 g/mol. The van der Waals surface area contributed by atoms with Crippen molar-refractivity contribution in [3.8, 4) is 0 Å². The van der Waals surface area contributed by atoms with Crippen LogP contribution in [0.15, 0.2) is 18.2 Å². The number of carbonyl (C=O) groups excluding carboxylic acids is 1. The Morgan fingerprint density at radius 2 is 2.21 bits per heavy atom. The Morgan fingerprint density at radius 1 is 1.42 bits per heavy atom. The van der Waals surface area contributed by atoms with Gasteiger partial charge in [-0.2, -0.15) is 0 Å². The second kappa shape index (κ2) is 4.85. The molecule has 1 spiro atoms. The largest absolute Gasteiger partial charge is 0.462 e. The highest BCUT2D eigenvalue weighted by atomic mass is 16.5. The molecule has 4 heteroatoms. The number of hydrogen-bond donors (Lipinski definition) is 1. The van der Waals surface area contributed by atoms with Crippen LogP contribution in [0.2, 0.25) is 0 Å². The van der Waals surface area contributed by atoms with Gasteiger partial charge in [0.15, 0.2) is 0 Å². The number of fused-ring (bicyclic) bond motifs is 1. The van der Waals surface area contributed by atoms with Gasteiger partial charge in [-0.1, -0.05) is 6.07 Å². The van der Waals surface area contributed by atoms with Crippen LogP contribution in [-0.4, -0.2) is 31.3 Å². The van der Waals surface area contributed by atoms with Gasteiger partial charge in [0.05, 0.1) is 12.2 Å². The fourth-order valence-electron chi connectivity index (χ4n) is 3.03. The monoisotopic (exact) mass is 261 g/mol. The van der Waals surface area contributed by atoms with Crippen molar-refractivity contribution >= 4 is 11.7 Å². The van der Waals surface area contributed by atoms with E-state index in [0.717, 1.165) is 43.7 Å². The molecule has 2 aliphatic rings. The molecule has 0 atom stereocenters. The lowest BCUT2D eigenvalue weighted by atomic mass is 9.86. The molecular formula is C15H19NO3. The lowest BCUT2D eigenvalue weighted by Crippen LogP contribution is -2.42. The third-order valence-electron chi connectivity index (χ3n) is 4.04. The molecule has 4 nitrogen and oxygen atoms in total. The van der Waals surface area contributed by atoms with E-state index >= 15 is 0 Å². The Balaban J connectivity index is 1.90. The number of carbonyl (C=O) groups is 1. The summed E-state index contributed by atoms with van der Waals surface area (Å²) in [6.07, 6.45) is 2.87. The zero-order valence-corrected chi connectivity index (χ0v) is 11.2. The highest BCUT2D eigenvalue weighted by Gasteiger charge is 2.39. The van der Waals surface area contributed by atoms with Crippen molar-refractivity contribution in [2.45, 2.75) is 31.7 Å². The Labute approximate surface area is 113 Å². The minimum Gasteiger partial charge on any atom is -0.462 e. The van der Waals surface area contributed by atoms with Crippen molar-refractivity contribution in [1.29, 1.82) is 0 Å². The molecule has 0 saturated carbocycles. The smallest absolute Gasteiger partial charge is 0.338 e. The number of nitrogens with one attached hydrogen (secondary N) is 1. The summed E-state index contributed by atoms with van der Waals surface area (Å²) < 4.78 is 10.6. The van der Waals surface area contributed by atoms with E-state index in [1.54, 1.807) is 0 Å². The Morgan fingerprint density at radius 3 is 2.95 bits per heavy atom. The summed E-state index contributed by atoms with van der Waals surface area (Å²) in [5.74, 6) is -0.217. The van der Waals surface area contributed by atoms with Gasteiger partial charge in [-0.05, 0) is 43.9 Å². The second-order valence-electron chi connectivity index (χ2n) is 5.25. The van der Waals surface area contributed by atoms with E-state index in [0.29, 0.717) is 12.2 Å². The summed E-state index contributed by atoms with van der Waals surface area (Å²) in [5.41, 5.74) is 2.95. The number of anilines is 1. The topological polar surface area (TPSA) is 47.6 Å². The quantitative estimate of drug-likeness (QED) is 0.830.